The highest BCUT2D eigenvalue weighted by molar-refractivity contribution is 5.98. The van der Waals surface area contributed by atoms with Crippen LogP contribution in [0.4, 0.5) is 0 Å². The second kappa shape index (κ2) is 5.91. The van der Waals surface area contributed by atoms with Crippen LogP contribution in [0.3, 0.4) is 0 Å². The van der Waals surface area contributed by atoms with Crippen molar-refractivity contribution in [2.45, 2.75) is 59.2 Å². The fraction of sp³-hybridized carbons (Fsp3) is 0.550. The van der Waals surface area contributed by atoms with Crippen LogP contribution in [0.15, 0.2) is 34.6 Å². The van der Waals surface area contributed by atoms with Crippen LogP contribution in [0.1, 0.15) is 47.5 Å². The molecule has 3 rings (SSSR count). The average Bonchev–Trinajstić information content (AvgIpc) is 2.87. The van der Waals surface area contributed by atoms with Crippen molar-refractivity contribution in [1.29, 1.82) is 0 Å². The molecule has 2 aliphatic carbocycles. The minimum absolute atomic E-state index is 0.117. The van der Waals surface area contributed by atoms with Gasteiger partial charge in [-0.3, -0.25) is 4.79 Å². The molecular formula is C20H24O6. The van der Waals surface area contributed by atoms with E-state index in [9.17, 15) is 19.5 Å². The zero-order valence-electron chi connectivity index (χ0n) is 15.7. The fourth-order valence-electron chi connectivity index (χ4n) is 4.16. The summed E-state index contributed by atoms with van der Waals surface area (Å²) in [7, 11) is 0. The smallest absolute Gasteiger partial charge is 0.339 e. The highest BCUT2D eigenvalue weighted by Crippen LogP contribution is 2.57. The first-order valence-electron chi connectivity index (χ1n) is 8.83. The van der Waals surface area contributed by atoms with Gasteiger partial charge in [-0.05, 0) is 39.2 Å². The number of hydrogen-bond donors (Lipinski definition) is 1. The summed E-state index contributed by atoms with van der Waals surface area (Å²) in [5, 5.41) is 11.3. The third-order valence-corrected chi connectivity index (χ3v) is 6.38. The third kappa shape index (κ3) is 2.24. The van der Waals surface area contributed by atoms with E-state index in [0.717, 1.165) is 0 Å². The van der Waals surface area contributed by atoms with Gasteiger partial charge in [0.05, 0.1) is 5.41 Å². The van der Waals surface area contributed by atoms with E-state index in [-0.39, 0.29) is 23.9 Å². The van der Waals surface area contributed by atoms with E-state index >= 15 is 0 Å². The molecule has 6 heteroatoms. The minimum atomic E-state index is -1.86. The molecule has 0 aromatic carbocycles. The highest BCUT2D eigenvalue weighted by Gasteiger charge is 2.66. The standard InChI is InChI=1S/C20H24O6/c1-6-10(2)17(22)26-16-15-12(4)18(23)25-13(15)9-20(24)14(21)8-7-11(3)19(16,20)5/h6,9,11,16,24H,7-8H2,1-5H3/b10-6-/t11-,16+,19-,20-/m0/s1. The van der Waals surface area contributed by atoms with Crippen molar-refractivity contribution in [1.82, 2.24) is 0 Å². The van der Waals surface area contributed by atoms with Crippen molar-refractivity contribution in [3.63, 3.8) is 0 Å². The molecule has 0 spiro atoms. The highest BCUT2D eigenvalue weighted by atomic mass is 16.6. The topological polar surface area (TPSA) is 89.9 Å². The number of carbonyl (C=O) groups is 3. The normalized spacial score (nSPS) is 37.0. The summed E-state index contributed by atoms with van der Waals surface area (Å²) in [6.45, 7) is 8.62. The molecule has 1 fully saturated rings. The number of ether oxygens (including phenoxy) is 2. The molecule has 0 radical (unpaired) electrons. The zero-order valence-corrected chi connectivity index (χ0v) is 15.7. The van der Waals surface area contributed by atoms with Gasteiger partial charge >= 0.3 is 11.9 Å². The summed E-state index contributed by atoms with van der Waals surface area (Å²) in [4.78, 5) is 37.3. The number of rotatable bonds is 2. The summed E-state index contributed by atoms with van der Waals surface area (Å²) < 4.78 is 11.0. The maximum absolute atomic E-state index is 12.7. The number of allylic oxidation sites excluding steroid dienone is 1. The predicted octanol–water partition coefficient (Wildman–Crippen LogP) is 2.37. The average molecular weight is 360 g/mol. The molecule has 0 aromatic heterocycles. The lowest BCUT2D eigenvalue weighted by Gasteiger charge is -2.55. The third-order valence-electron chi connectivity index (χ3n) is 6.38. The molecule has 0 unspecified atom stereocenters. The van der Waals surface area contributed by atoms with Crippen molar-refractivity contribution in [3.05, 3.63) is 34.6 Å². The van der Waals surface area contributed by atoms with Crippen molar-refractivity contribution in [2.75, 3.05) is 0 Å². The van der Waals surface area contributed by atoms with Crippen LogP contribution >= 0.6 is 0 Å². The van der Waals surface area contributed by atoms with Crippen LogP contribution in [0.25, 0.3) is 0 Å². The first-order valence-corrected chi connectivity index (χ1v) is 8.83. The number of ketones is 1. The molecule has 0 bridgehead atoms. The first kappa shape index (κ1) is 18.6. The summed E-state index contributed by atoms with van der Waals surface area (Å²) in [6.07, 6.45) is 2.79. The molecule has 0 amide bonds. The van der Waals surface area contributed by atoms with E-state index < -0.39 is 29.1 Å². The lowest BCUT2D eigenvalue weighted by Crippen LogP contribution is -2.65. The van der Waals surface area contributed by atoms with Crippen LogP contribution < -0.4 is 0 Å². The largest absolute Gasteiger partial charge is 0.453 e. The van der Waals surface area contributed by atoms with Crippen molar-refractivity contribution >= 4 is 17.7 Å². The lowest BCUT2D eigenvalue weighted by molar-refractivity contribution is -0.186. The Morgan fingerprint density at radius 2 is 2.08 bits per heavy atom. The number of carbonyl (C=O) groups excluding carboxylic acids is 3. The lowest BCUT2D eigenvalue weighted by atomic mass is 9.52. The van der Waals surface area contributed by atoms with Gasteiger partial charge in [0.15, 0.2) is 11.4 Å². The van der Waals surface area contributed by atoms with E-state index in [1.54, 1.807) is 33.8 Å². The van der Waals surface area contributed by atoms with Gasteiger partial charge < -0.3 is 14.6 Å². The number of hydrogen-bond acceptors (Lipinski definition) is 6. The van der Waals surface area contributed by atoms with Gasteiger partial charge in [0.1, 0.15) is 11.9 Å². The van der Waals surface area contributed by atoms with Crippen molar-refractivity contribution in [3.8, 4) is 0 Å². The number of Topliss-reactive ketones (excluding diaryl/α,β-unsaturated/α-hetero) is 1. The summed E-state index contributed by atoms with van der Waals surface area (Å²) >= 11 is 0. The Hall–Kier alpha value is -2.21. The maximum atomic E-state index is 12.7. The SMILES string of the molecule is C/C=C(/C)C(=O)O[C@@H]1C2=C(C)C(=O)OC2=C[C@]2(O)C(=O)CC[C@H](C)[C@@]12C. The first-order chi connectivity index (χ1) is 12.1. The monoisotopic (exact) mass is 360 g/mol. The second-order valence-electron chi connectivity index (χ2n) is 7.61. The van der Waals surface area contributed by atoms with Crippen molar-refractivity contribution in [2.24, 2.45) is 11.3 Å². The Labute approximate surface area is 152 Å². The van der Waals surface area contributed by atoms with Gasteiger partial charge in [-0.1, -0.05) is 19.9 Å². The molecular weight excluding hydrogens is 336 g/mol. The summed E-state index contributed by atoms with van der Waals surface area (Å²) in [5.41, 5.74) is -1.77. The number of fused-ring (bicyclic) bond motifs is 2. The molecule has 26 heavy (non-hydrogen) atoms. The van der Waals surface area contributed by atoms with E-state index in [4.69, 9.17) is 9.47 Å². The van der Waals surface area contributed by atoms with Crippen LogP contribution in [-0.2, 0) is 23.9 Å². The second-order valence-corrected chi connectivity index (χ2v) is 7.61. The molecule has 3 aliphatic rings. The molecule has 0 saturated heterocycles. The van der Waals surface area contributed by atoms with Gasteiger partial charge in [0.2, 0.25) is 0 Å². The molecule has 140 valence electrons. The Morgan fingerprint density at radius 3 is 2.69 bits per heavy atom. The maximum Gasteiger partial charge on any atom is 0.339 e. The van der Waals surface area contributed by atoms with Crippen LogP contribution in [0.5, 0.6) is 0 Å². The number of aliphatic hydroxyl groups is 1. The molecule has 6 nitrogen and oxygen atoms in total. The Balaban J connectivity index is 2.23. The minimum Gasteiger partial charge on any atom is -0.453 e. The van der Waals surface area contributed by atoms with Gasteiger partial charge in [-0.15, -0.1) is 0 Å². The van der Waals surface area contributed by atoms with E-state index in [2.05, 4.69) is 0 Å². The van der Waals surface area contributed by atoms with E-state index in [0.29, 0.717) is 23.1 Å². The predicted molar refractivity (Wildman–Crippen MR) is 92.6 cm³/mol. The van der Waals surface area contributed by atoms with Gasteiger partial charge in [0.25, 0.3) is 0 Å². The van der Waals surface area contributed by atoms with Crippen LogP contribution in [0, 0.1) is 11.3 Å². The van der Waals surface area contributed by atoms with Crippen LogP contribution in [-0.4, -0.2) is 34.5 Å². The molecule has 1 saturated carbocycles. The Morgan fingerprint density at radius 1 is 1.42 bits per heavy atom. The number of esters is 2. The molecule has 0 aromatic rings. The fourth-order valence-corrected chi connectivity index (χ4v) is 4.16. The van der Waals surface area contributed by atoms with Gasteiger partial charge in [-0.2, -0.15) is 0 Å². The molecule has 4 atom stereocenters. The van der Waals surface area contributed by atoms with Crippen molar-refractivity contribution < 1.29 is 29.0 Å². The van der Waals surface area contributed by atoms with Crippen LogP contribution in [0.2, 0.25) is 0 Å². The zero-order chi connectivity index (χ0) is 19.4. The quantitative estimate of drug-likeness (QED) is 0.601. The molecule has 1 aliphatic heterocycles. The molecule has 1 heterocycles. The Bertz CT molecular complexity index is 801. The molecule has 1 N–H and O–H groups in total. The van der Waals surface area contributed by atoms with E-state index in [1.807, 2.05) is 6.92 Å². The Kier molecular flexibility index (Phi) is 4.22. The summed E-state index contributed by atoms with van der Waals surface area (Å²) in [6, 6.07) is 0. The van der Waals surface area contributed by atoms with Gasteiger partial charge in [0, 0.05) is 23.1 Å². The summed E-state index contributed by atoms with van der Waals surface area (Å²) in [5.74, 6) is -1.46. The van der Waals surface area contributed by atoms with Gasteiger partial charge in [-0.25, -0.2) is 9.59 Å². The van der Waals surface area contributed by atoms with E-state index in [1.165, 1.54) is 6.08 Å².